The van der Waals surface area contributed by atoms with Crippen molar-refractivity contribution >= 4 is 35.1 Å². The van der Waals surface area contributed by atoms with Crippen LogP contribution in [0.2, 0.25) is 0 Å². The highest BCUT2D eigenvalue weighted by Crippen LogP contribution is 2.26. The van der Waals surface area contributed by atoms with Crippen molar-refractivity contribution in [2.45, 2.75) is 13.0 Å². The summed E-state index contributed by atoms with van der Waals surface area (Å²) in [7, 11) is 1.91. The van der Waals surface area contributed by atoms with Gasteiger partial charge in [-0.25, -0.2) is 4.98 Å². The summed E-state index contributed by atoms with van der Waals surface area (Å²) in [4.78, 5) is 11.7. The van der Waals surface area contributed by atoms with Crippen LogP contribution in [0.25, 0.3) is 10.9 Å². The quantitative estimate of drug-likeness (QED) is 0.780. The number of nitrogens with zero attached hydrogens (tertiary/aromatic N) is 3. The number of hydrogen-bond donors (Lipinski definition) is 1. The van der Waals surface area contributed by atoms with E-state index in [1.807, 2.05) is 25.2 Å². The van der Waals surface area contributed by atoms with Gasteiger partial charge in [0.25, 0.3) is 0 Å². The lowest BCUT2D eigenvalue weighted by Crippen LogP contribution is -2.31. The Labute approximate surface area is 142 Å². The average molecular weight is 327 g/mol. The monoisotopic (exact) mass is 326 g/mol. The number of fused-ring (bicyclic) bond motifs is 2. The van der Waals surface area contributed by atoms with Crippen LogP contribution in [0.1, 0.15) is 11.1 Å². The molecule has 1 aliphatic rings. The molecule has 0 spiro atoms. The molecular weight excluding hydrogens is 308 g/mol. The van der Waals surface area contributed by atoms with Crippen LogP contribution in [0, 0.1) is 0 Å². The first-order valence-electron chi connectivity index (χ1n) is 7.61. The fourth-order valence-corrected chi connectivity index (χ4v) is 3.06. The summed E-state index contributed by atoms with van der Waals surface area (Å²) in [5, 5.41) is 4.25. The van der Waals surface area contributed by atoms with Crippen molar-refractivity contribution in [3.05, 3.63) is 59.7 Å². The van der Waals surface area contributed by atoms with Gasteiger partial charge >= 0.3 is 0 Å². The second-order valence-corrected chi connectivity index (χ2v) is 5.58. The molecule has 5 heteroatoms. The number of rotatable bonds is 2. The van der Waals surface area contributed by atoms with Gasteiger partial charge in [-0.05, 0) is 29.7 Å². The number of halogens is 1. The first-order valence-corrected chi connectivity index (χ1v) is 7.61. The van der Waals surface area contributed by atoms with Crippen molar-refractivity contribution in [1.29, 1.82) is 0 Å². The lowest BCUT2D eigenvalue weighted by molar-refractivity contribution is 0.710. The lowest BCUT2D eigenvalue weighted by Gasteiger charge is -2.29. The van der Waals surface area contributed by atoms with Crippen LogP contribution in [-0.2, 0) is 13.0 Å². The van der Waals surface area contributed by atoms with Gasteiger partial charge in [0.1, 0.15) is 5.82 Å². The Hall–Kier alpha value is -2.33. The summed E-state index contributed by atoms with van der Waals surface area (Å²) < 4.78 is 0. The summed E-state index contributed by atoms with van der Waals surface area (Å²) >= 11 is 0. The van der Waals surface area contributed by atoms with E-state index in [0.29, 0.717) is 0 Å². The number of anilines is 2. The van der Waals surface area contributed by atoms with E-state index in [2.05, 4.69) is 40.5 Å². The van der Waals surface area contributed by atoms with Crippen molar-refractivity contribution in [3.63, 3.8) is 0 Å². The minimum absolute atomic E-state index is 0. The second-order valence-electron chi connectivity index (χ2n) is 5.58. The predicted octanol–water partition coefficient (Wildman–Crippen LogP) is 3.66. The van der Waals surface area contributed by atoms with Gasteiger partial charge in [-0.1, -0.05) is 36.4 Å². The molecule has 0 bridgehead atoms. The standard InChI is InChI=1S/C18H18N4.ClH/c1-19-17-15-8-4-5-9-16(15)20-18(21-17)22-11-10-13-6-2-3-7-14(13)12-22;/h2-9H,10-12H2,1H3,(H,19,20,21);1H. The zero-order valence-corrected chi connectivity index (χ0v) is 13.8. The summed E-state index contributed by atoms with van der Waals surface area (Å²) in [6.07, 6.45) is 1.04. The minimum atomic E-state index is 0. The van der Waals surface area contributed by atoms with Crippen LogP contribution >= 0.6 is 12.4 Å². The van der Waals surface area contributed by atoms with Crippen LogP contribution in [0.3, 0.4) is 0 Å². The first kappa shape index (κ1) is 15.6. The molecule has 0 fully saturated rings. The van der Waals surface area contributed by atoms with E-state index in [4.69, 9.17) is 9.97 Å². The molecule has 1 N–H and O–H groups in total. The van der Waals surface area contributed by atoms with Crippen LogP contribution in [-0.4, -0.2) is 23.6 Å². The van der Waals surface area contributed by atoms with E-state index in [0.717, 1.165) is 42.2 Å². The van der Waals surface area contributed by atoms with Crippen molar-refractivity contribution in [2.75, 3.05) is 23.8 Å². The van der Waals surface area contributed by atoms with E-state index in [9.17, 15) is 0 Å². The molecule has 0 saturated heterocycles. The summed E-state index contributed by atoms with van der Waals surface area (Å²) in [6, 6.07) is 16.8. The van der Waals surface area contributed by atoms with Crippen molar-refractivity contribution in [3.8, 4) is 0 Å². The first-order chi connectivity index (χ1) is 10.8. The zero-order chi connectivity index (χ0) is 14.9. The molecule has 3 aromatic rings. The fourth-order valence-electron chi connectivity index (χ4n) is 3.06. The molecule has 23 heavy (non-hydrogen) atoms. The molecule has 0 aliphatic carbocycles. The van der Waals surface area contributed by atoms with Gasteiger partial charge in [0.2, 0.25) is 5.95 Å². The number of para-hydroxylation sites is 1. The Morgan fingerprint density at radius 2 is 1.70 bits per heavy atom. The Bertz CT molecular complexity index is 834. The van der Waals surface area contributed by atoms with Gasteiger partial charge < -0.3 is 10.2 Å². The third-order valence-corrected chi connectivity index (χ3v) is 4.24. The maximum atomic E-state index is 4.76. The van der Waals surface area contributed by atoms with E-state index < -0.39 is 0 Å². The van der Waals surface area contributed by atoms with Crippen molar-refractivity contribution in [2.24, 2.45) is 0 Å². The number of hydrogen-bond acceptors (Lipinski definition) is 4. The van der Waals surface area contributed by atoms with Gasteiger partial charge in [0, 0.05) is 25.5 Å². The van der Waals surface area contributed by atoms with Gasteiger partial charge in [-0.3, -0.25) is 0 Å². The molecule has 2 heterocycles. The van der Waals surface area contributed by atoms with Gasteiger partial charge in [-0.2, -0.15) is 4.98 Å². The lowest BCUT2D eigenvalue weighted by atomic mass is 10.0. The minimum Gasteiger partial charge on any atom is -0.372 e. The predicted molar refractivity (Wildman–Crippen MR) is 97.5 cm³/mol. The third-order valence-electron chi connectivity index (χ3n) is 4.24. The molecule has 0 saturated carbocycles. The van der Waals surface area contributed by atoms with E-state index >= 15 is 0 Å². The van der Waals surface area contributed by atoms with Crippen LogP contribution < -0.4 is 10.2 Å². The topological polar surface area (TPSA) is 41.1 Å². The highest BCUT2D eigenvalue weighted by Gasteiger charge is 2.19. The van der Waals surface area contributed by atoms with E-state index in [1.165, 1.54) is 11.1 Å². The molecule has 2 aromatic carbocycles. The normalized spacial score (nSPS) is 13.3. The Morgan fingerprint density at radius 1 is 0.957 bits per heavy atom. The molecular formula is C18H19ClN4. The van der Waals surface area contributed by atoms with Crippen molar-refractivity contribution in [1.82, 2.24) is 9.97 Å². The molecule has 118 valence electrons. The number of benzene rings is 2. The van der Waals surface area contributed by atoms with E-state index in [-0.39, 0.29) is 12.4 Å². The third kappa shape index (κ3) is 2.82. The van der Waals surface area contributed by atoms with E-state index in [1.54, 1.807) is 0 Å². The summed E-state index contributed by atoms with van der Waals surface area (Å²) in [6.45, 7) is 1.83. The second kappa shape index (κ2) is 6.42. The van der Waals surface area contributed by atoms with Gasteiger partial charge in [0.05, 0.1) is 5.52 Å². The molecule has 0 atom stereocenters. The van der Waals surface area contributed by atoms with Crippen molar-refractivity contribution < 1.29 is 0 Å². The highest BCUT2D eigenvalue weighted by atomic mass is 35.5. The molecule has 1 aliphatic heterocycles. The maximum Gasteiger partial charge on any atom is 0.228 e. The molecule has 0 radical (unpaired) electrons. The molecule has 0 amide bonds. The smallest absolute Gasteiger partial charge is 0.228 e. The van der Waals surface area contributed by atoms with Crippen LogP contribution in [0.15, 0.2) is 48.5 Å². The number of nitrogens with one attached hydrogen (secondary N) is 1. The van der Waals surface area contributed by atoms with Crippen LogP contribution in [0.5, 0.6) is 0 Å². The Morgan fingerprint density at radius 3 is 2.52 bits per heavy atom. The largest absolute Gasteiger partial charge is 0.372 e. The summed E-state index contributed by atoms with van der Waals surface area (Å²) in [5.41, 5.74) is 3.79. The Balaban J connectivity index is 0.00000156. The molecule has 4 nitrogen and oxygen atoms in total. The molecule has 0 unspecified atom stereocenters. The molecule has 4 rings (SSSR count). The van der Waals surface area contributed by atoms with Gasteiger partial charge in [0.15, 0.2) is 0 Å². The number of aromatic nitrogens is 2. The molecule has 1 aromatic heterocycles. The Kier molecular flexibility index (Phi) is 4.35. The van der Waals surface area contributed by atoms with Crippen LogP contribution in [0.4, 0.5) is 11.8 Å². The highest BCUT2D eigenvalue weighted by molar-refractivity contribution is 5.90. The summed E-state index contributed by atoms with van der Waals surface area (Å²) in [5.74, 6) is 1.69. The SMILES string of the molecule is CNc1nc(N2CCc3ccccc3C2)nc2ccccc12.Cl. The van der Waals surface area contributed by atoms with Gasteiger partial charge in [-0.15, -0.1) is 12.4 Å². The maximum absolute atomic E-state index is 4.76. The average Bonchev–Trinajstić information content (AvgIpc) is 2.60. The zero-order valence-electron chi connectivity index (χ0n) is 13.0. The fraction of sp³-hybridized carbons (Fsp3) is 0.222.